The maximum Gasteiger partial charge on any atom is 0.259 e. The highest BCUT2D eigenvalue weighted by atomic mass is 16.5. The fourth-order valence-corrected chi connectivity index (χ4v) is 2.30. The van der Waals surface area contributed by atoms with Crippen molar-refractivity contribution in [3.8, 4) is 11.3 Å². The van der Waals surface area contributed by atoms with E-state index in [-0.39, 0.29) is 11.8 Å². The van der Waals surface area contributed by atoms with Crippen LogP contribution < -0.4 is 5.32 Å². The van der Waals surface area contributed by atoms with Gasteiger partial charge in [-0.1, -0.05) is 35.5 Å². The van der Waals surface area contributed by atoms with Crippen LogP contribution in [0.25, 0.3) is 11.3 Å². The topological polar surface area (TPSA) is 75.4 Å². The Kier molecular flexibility index (Phi) is 5.51. The molecule has 0 unspecified atom stereocenters. The van der Waals surface area contributed by atoms with Crippen molar-refractivity contribution in [1.29, 1.82) is 0 Å². The van der Waals surface area contributed by atoms with Crippen molar-refractivity contribution in [2.24, 2.45) is 0 Å². The van der Waals surface area contributed by atoms with E-state index in [1.54, 1.807) is 25.9 Å². The van der Waals surface area contributed by atoms with Crippen LogP contribution in [0.2, 0.25) is 0 Å². The zero-order valence-corrected chi connectivity index (χ0v) is 13.6. The maximum atomic E-state index is 12.7. The first-order valence-corrected chi connectivity index (χ1v) is 7.52. The number of nitrogens with zero attached hydrogens (tertiary/aromatic N) is 2. The first-order chi connectivity index (χ1) is 11.0. The first kappa shape index (κ1) is 16.7. The Bertz CT molecular complexity index is 680. The van der Waals surface area contributed by atoms with Gasteiger partial charge in [0.25, 0.3) is 5.91 Å². The van der Waals surface area contributed by atoms with Crippen LogP contribution in [0.4, 0.5) is 0 Å². The minimum atomic E-state index is -0.153. The number of hydrogen-bond donors (Lipinski definition) is 1. The summed E-state index contributed by atoms with van der Waals surface area (Å²) in [5, 5.41) is 6.50. The number of carbonyl (C=O) groups excluding carboxylic acids is 2. The van der Waals surface area contributed by atoms with Crippen LogP contribution in [0.5, 0.6) is 0 Å². The molecule has 2 rings (SSSR count). The predicted octanol–water partition coefficient (Wildman–Crippen LogP) is 2.25. The highest BCUT2D eigenvalue weighted by molar-refractivity contribution is 6.00. The Morgan fingerprint density at radius 2 is 1.96 bits per heavy atom. The van der Waals surface area contributed by atoms with Crippen LogP contribution in [0, 0.1) is 6.92 Å². The maximum absolute atomic E-state index is 12.7. The fourth-order valence-electron chi connectivity index (χ4n) is 2.30. The number of benzene rings is 1. The molecular formula is C17H21N3O3. The molecule has 0 aliphatic heterocycles. The molecule has 1 aromatic carbocycles. The molecule has 0 aliphatic carbocycles. The molecule has 0 saturated carbocycles. The van der Waals surface area contributed by atoms with E-state index in [1.807, 2.05) is 30.3 Å². The smallest absolute Gasteiger partial charge is 0.259 e. The Hall–Kier alpha value is -2.63. The van der Waals surface area contributed by atoms with Gasteiger partial charge >= 0.3 is 0 Å². The molecular weight excluding hydrogens is 294 g/mol. The molecule has 0 saturated heterocycles. The highest BCUT2D eigenvalue weighted by Gasteiger charge is 2.24. The number of amides is 2. The summed E-state index contributed by atoms with van der Waals surface area (Å²) in [6.07, 6.45) is 0.995. The van der Waals surface area contributed by atoms with Gasteiger partial charge in [-0.25, -0.2) is 0 Å². The van der Waals surface area contributed by atoms with Crippen molar-refractivity contribution in [2.45, 2.75) is 19.8 Å². The lowest BCUT2D eigenvalue weighted by Gasteiger charge is -2.17. The van der Waals surface area contributed by atoms with Crippen LogP contribution in [-0.2, 0) is 4.79 Å². The first-order valence-electron chi connectivity index (χ1n) is 7.52. The molecule has 0 atom stereocenters. The Morgan fingerprint density at radius 3 is 2.61 bits per heavy atom. The fraction of sp³-hybridized carbons (Fsp3) is 0.353. The van der Waals surface area contributed by atoms with Gasteiger partial charge in [-0.05, 0) is 13.3 Å². The van der Waals surface area contributed by atoms with Gasteiger partial charge in [-0.15, -0.1) is 0 Å². The third kappa shape index (κ3) is 3.97. The number of aryl methyl sites for hydroxylation is 1. The molecule has 6 nitrogen and oxygen atoms in total. The highest BCUT2D eigenvalue weighted by Crippen LogP contribution is 2.27. The van der Waals surface area contributed by atoms with Crippen molar-refractivity contribution in [1.82, 2.24) is 15.4 Å². The number of nitrogens with one attached hydrogen (secondary N) is 1. The molecule has 1 aromatic heterocycles. The second-order valence-corrected chi connectivity index (χ2v) is 5.34. The number of carbonyl (C=O) groups is 2. The molecule has 0 fully saturated rings. The van der Waals surface area contributed by atoms with Gasteiger partial charge in [0.05, 0.1) is 5.69 Å². The normalized spacial score (nSPS) is 10.4. The standard InChI is InChI=1S/C17H21N3O3/c1-12-15(16(23-19-12)13-8-5-4-6-9-13)17(22)20(3)11-7-10-14(21)18-2/h4-6,8-9H,7,10-11H2,1-3H3,(H,18,21). The largest absolute Gasteiger partial charge is 0.359 e. The molecule has 0 bridgehead atoms. The zero-order valence-electron chi connectivity index (χ0n) is 13.6. The molecule has 0 radical (unpaired) electrons. The second-order valence-electron chi connectivity index (χ2n) is 5.34. The van der Waals surface area contributed by atoms with Crippen LogP contribution in [0.1, 0.15) is 28.9 Å². The summed E-state index contributed by atoms with van der Waals surface area (Å²) in [6.45, 7) is 2.24. The van der Waals surface area contributed by atoms with E-state index in [9.17, 15) is 9.59 Å². The van der Waals surface area contributed by atoms with Gasteiger partial charge in [0.15, 0.2) is 5.76 Å². The van der Waals surface area contributed by atoms with Gasteiger partial charge in [0.1, 0.15) is 5.56 Å². The van der Waals surface area contributed by atoms with Crippen molar-refractivity contribution < 1.29 is 14.1 Å². The van der Waals surface area contributed by atoms with E-state index in [4.69, 9.17) is 4.52 Å². The zero-order chi connectivity index (χ0) is 16.8. The summed E-state index contributed by atoms with van der Waals surface area (Å²) in [7, 11) is 3.32. The lowest BCUT2D eigenvalue weighted by Crippen LogP contribution is -2.29. The minimum absolute atomic E-state index is 0.0306. The van der Waals surface area contributed by atoms with Gasteiger partial charge in [-0.2, -0.15) is 0 Å². The van der Waals surface area contributed by atoms with Gasteiger partial charge in [0, 0.05) is 32.6 Å². The summed E-state index contributed by atoms with van der Waals surface area (Å²) in [4.78, 5) is 25.5. The lowest BCUT2D eigenvalue weighted by atomic mass is 10.1. The summed E-state index contributed by atoms with van der Waals surface area (Å²) >= 11 is 0. The summed E-state index contributed by atoms with van der Waals surface area (Å²) in [5.74, 6) is 0.294. The van der Waals surface area contributed by atoms with Gasteiger partial charge in [-0.3, -0.25) is 9.59 Å². The van der Waals surface area contributed by atoms with Crippen molar-refractivity contribution in [3.05, 3.63) is 41.6 Å². The van der Waals surface area contributed by atoms with Crippen LogP contribution in [-0.4, -0.2) is 42.5 Å². The minimum Gasteiger partial charge on any atom is -0.359 e. The van der Waals surface area contributed by atoms with E-state index in [1.165, 1.54) is 0 Å². The third-order valence-electron chi connectivity index (χ3n) is 3.64. The van der Waals surface area contributed by atoms with E-state index in [0.29, 0.717) is 36.4 Å². The molecule has 0 aliphatic rings. The average molecular weight is 315 g/mol. The number of aromatic nitrogens is 1. The third-order valence-corrected chi connectivity index (χ3v) is 3.64. The molecule has 122 valence electrons. The monoisotopic (exact) mass is 315 g/mol. The summed E-state index contributed by atoms with van der Waals surface area (Å²) < 4.78 is 5.35. The van der Waals surface area contributed by atoms with Gasteiger partial charge in [0.2, 0.25) is 5.91 Å². The predicted molar refractivity (Wildman–Crippen MR) is 86.9 cm³/mol. The molecule has 23 heavy (non-hydrogen) atoms. The van der Waals surface area contributed by atoms with Crippen molar-refractivity contribution in [2.75, 3.05) is 20.6 Å². The van der Waals surface area contributed by atoms with E-state index in [0.717, 1.165) is 5.56 Å². The van der Waals surface area contributed by atoms with E-state index >= 15 is 0 Å². The molecule has 1 heterocycles. The lowest BCUT2D eigenvalue weighted by molar-refractivity contribution is -0.120. The Balaban J connectivity index is 2.13. The molecule has 6 heteroatoms. The number of hydrogen-bond acceptors (Lipinski definition) is 4. The average Bonchev–Trinajstić information content (AvgIpc) is 2.96. The van der Waals surface area contributed by atoms with Crippen LogP contribution in [0.15, 0.2) is 34.9 Å². The molecule has 2 amide bonds. The molecule has 0 spiro atoms. The van der Waals surface area contributed by atoms with Crippen molar-refractivity contribution in [3.63, 3.8) is 0 Å². The van der Waals surface area contributed by atoms with E-state index in [2.05, 4.69) is 10.5 Å². The molecule has 1 N–H and O–H groups in total. The Morgan fingerprint density at radius 1 is 1.26 bits per heavy atom. The van der Waals surface area contributed by atoms with E-state index < -0.39 is 0 Å². The quantitative estimate of drug-likeness (QED) is 0.887. The second kappa shape index (κ2) is 7.58. The summed E-state index contributed by atoms with van der Waals surface area (Å²) in [5.41, 5.74) is 1.85. The van der Waals surface area contributed by atoms with Crippen LogP contribution >= 0.6 is 0 Å². The Labute approximate surface area is 135 Å². The molecule has 2 aromatic rings. The van der Waals surface area contributed by atoms with Gasteiger partial charge < -0.3 is 14.7 Å². The van der Waals surface area contributed by atoms with Crippen molar-refractivity contribution >= 4 is 11.8 Å². The summed E-state index contributed by atoms with van der Waals surface area (Å²) in [6, 6.07) is 9.42. The van der Waals surface area contributed by atoms with Crippen LogP contribution in [0.3, 0.4) is 0 Å². The SMILES string of the molecule is CNC(=O)CCCN(C)C(=O)c1c(C)noc1-c1ccccc1. The number of rotatable bonds is 6.